The number of rotatable bonds is 6. The van der Waals surface area contributed by atoms with Crippen molar-refractivity contribution in [3.05, 3.63) is 35.4 Å². The fourth-order valence-corrected chi connectivity index (χ4v) is 4.00. The molecule has 1 aromatic rings. The van der Waals surface area contributed by atoms with E-state index in [9.17, 15) is 9.90 Å². The van der Waals surface area contributed by atoms with E-state index in [0.717, 1.165) is 19.3 Å². The molecule has 2 fully saturated rings. The molecule has 0 spiro atoms. The van der Waals surface area contributed by atoms with Gasteiger partial charge in [-0.3, -0.25) is 4.79 Å². The van der Waals surface area contributed by atoms with Crippen LogP contribution in [0, 0.1) is 11.8 Å². The molecule has 0 aliphatic carbocycles. The molecule has 2 saturated heterocycles. The van der Waals surface area contributed by atoms with Crippen molar-refractivity contribution in [1.82, 2.24) is 0 Å². The first kappa shape index (κ1) is 15.5. The summed E-state index contributed by atoms with van der Waals surface area (Å²) in [4.78, 5) is 11.4. The molecule has 2 aliphatic heterocycles. The summed E-state index contributed by atoms with van der Waals surface area (Å²) < 4.78 is 10.7. The lowest BCUT2D eigenvalue weighted by Crippen LogP contribution is -2.31. The zero-order chi connectivity index (χ0) is 15.5. The molecule has 3 rings (SSSR count). The van der Waals surface area contributed by atoms with Crippen LogP contribution in [0.25, 0.3) is 0 Å². The zero-order valence-corrected chi connectivity index (χ0v) is 13.0. The Kier molecular flexibility index (Phi) is 4.79. The number of aryl methyl sites for hydroxylation is 1. The maximum atomic E-state index is 11.4. The van der Waals surface area contributed by atoms with Crippen molar-refractivity contribution in [2.24, 2.45) is 11.8 Å². The zero-order valence-electron chi connectivity index (χ0n) is 13.0. The normalized spacial score (nSPS) is 29.7. The van der Waals surface area contributed by atoms with Crippen molar-refractivity contribution in [2.75, 3.05) is 13.7 Å². The van der Waals surface area contributed by atoms with E-state index in [1.54, 1.807) is 0 Å². The summed E-state index contributed by atoms with van der Waals surface area (Å²) in [6, 6.07) is 8.27. The van der Waals surface area contributed by atoms with Crippen LogP contribution in [0.5, 0.6) is 0 Å². The van der Waals surface area contributed by atoms with E-state index in [1.165, 1.54) is 18.2 Å². The summed E-state index contributed by atoms with van der Waals surface area (Å²) in [5, 5.41) is 9.67. The van der Waals surface area contributed by atoms with Crippen LogP contribution in [0.1, 0.15) is 30.4 Å². The minimum atomic E-state index is -0.175. The number of aliphatic hydroxyl groups excluding tert-OH is 1. The second-order valence-corrected chi connectivity index (χ2v) is 6.35. The topological polar surface area (TPSA) is 55.8 Å². The van der Waals surface area contributed by atoms with Crippen LogP contribution in [-0.2, 0) is 27.1 Å². The summed E-state index contributed by atoms with van der Waals surface area (Å²) in [5.74, 6) is 0.474. The molecular formula is C18H24O4. The van der Waals surface area contributed by atoms with E-state index >= 15 is 0 Å². The summed E-state index contributed by atoms with van der Waals surface area (Å²) in [5.41, 5.74) is 2.47. The largest absolute Gasteiger partial charge is 0.469 e. The summed E-state index contributed by atoms with van der Waals surface area (Å²) in [6.07, 6.45) is 4.74. The molecule has 2 bridgehead atoms. The van der Waals surface area contributed by atoms with Crippen LogP contribution >= 0.6 is 0 Å². The van der Waals surface area contributed by atoms with Gasteiger partial charge in [-0.05, 0) is 42.7 Å². The highest BCUT2D eigenvalue weighted by Crippen LogP contribution is 2.44. The lowest BCUT2D eigenvalue weighted by atomic mass is 9.76. The van der Waals surface area contributed by atoms with Gasteiger partial charge >= 0.3 is 5.97 Å². The Labute approximate surface area is 131 Å². The van der Waals surface area contributed by atoms with E-state index in [2.05, 4.69) is 12.1 Å². The van der Waals surface area contributed by atoms with Crippen LogP contribution in [0.15, 0.2) is 24.3 Å². The molecular weight excluding hydrogens is 280 g/mol. The van der Waals surface area contributed by atoms with Gasteiger partial charge in [-0.2, -0.15) is 0 Å². The first-order chi connectivity index (χ1) is 10.7. The maximum absolute atomic E-state index is 11.4. The summed E-state index contributed by atoms with van der Waals surface area (Å²) in [6.45, 7) is 0.205. The quantitative estimate of drug-likeness (QED) is 0.818. The smallest absolute Gasteiger partial charge is 0.305 e. The predicted octanol–water partition coefficient (Wildman–Crippen LogP) is 2.12. The minimum Gasteiger partial charge on any atom is -0.469 e. The summed E-state index contributed by atoms with van der Waals surface area (Å²) in [7, 11) is 1.42. The van der Waals surface area contributed by atoms with Gasteiger partial charge in [-0.25, -0.2) is 0 Å². The molecule has 1 aromatic carbocycles. The van der Waals surface area contributed by atoms with Gasteiger partial charge in [0, 0.05) is 18.9 Å². The molecule has 1 N–H and O–H groups in total. The van der Waals surface area contributed by atoms with Crippen molar-refractivity contribution in [3.8, 4) is 0 Å². The maximum Gasteiger partial charge on any atom is 0.305 e. The monoisotopic (exact) mass is 304 g/mol. The highest BCUT2D eigenvalue weighted by atomic mass is 16.5. The molecule has 4 nitrogen and oxygen atoms in total. The Morgan fingerprint density at radius 3 is 2.59 bits per heavy atom. The molecule has 0 radical (unpaired) electrons. The predicted molar refractivity (Wildman–Crippen MR) is 82.4 cm³/mol. The van der Waals surface area contributed by atoms with E-state index in [-0.39, 0.29) is 30.7 Å². The number of ether oxygens (including phenoxy) is 2. The number of fused-ring (bicyclic) bond motifs is 2. The fourth-order valence-electron chi connectivity index (χ4n) is 4.00. The van der Waals surface area contributed by atoms with Crippen LogP contribution in [-0.4, -0.2) is 37.0 Å². The van der Waals surface area contributed by atoms with Crippen molar-refractivity contribution in [3.63, 3.8) is 0 Å². The second kappa shape index (κ2) is 6.80. The SMILES string of the molecule is COC(=O)CCc1ccccc1C[C@H]1[C@@H]2CCC(O2)[C@H]1CO. The average Bonchev–Trinajstić information content (AvgIpc) is 3.14. The number of carbonyl (C=O) groups excluding carboxylic acids is 1. The number of methoxy groups -OCH3 is 1. The Balaban J connectivity index is 1.71. The molecule has 0 saturated carbocycles. The minimum absolute atomic E-state index is 0.175. The highest BCUT2D eigenvalue weighted by molar-refractivity contribution is 5.69. The van der Waals surface area contributed by atoms with Crippen molar-refractivity contribution in [2.45, 2.75) is 44.3 Å². The Morgan fingerprint density at radius 2 is 1.91 bits per heavy atom. The molecule has 1 unspecified atom stereocenters. The molecule has 0 amide bonds. The number of esters is 1. The summed E-state index contributed by atoms with van der Waals surface area (Å²) >= 11 is 0. The van der Waals surface area contributed by atoms with Gasteiger partial charge in [-0.15, -0.1) is 0 Å². The molecule has 22 heavy (non-hydrogen) atoms. The van der Waals surface area contributed by atoms with E-state index in [1.807, 2.05) is 12.1 Å². The number of aliphatic hydroxyl groups is 1. The number of benzene rings is 1. The number of hydrogen-bond donors (Lipinski definition) is 1. The van der Waals surface area contributed by atoms with Gasteiger partial charge in [0.1, 0.15) is 0 Å². The Morgan fingerprint density at radius 1 is 1.23 bits per heavy atom. The highest BCUT2D eigenvalue weighted by Gasteiger charge is 2.48. The van der Waals surface area contributed by atoms with Gasteiger partial charge in [-0.1, -0.05) is 24.3 Å². The fraction of sp³-hybridized carbons (Fsp3) is 0.611. The average molecular weight is 304 g/mol. The van der Waals surface area contributed by atoms with Crippen molar-refractivity contribution in [1.29, 1.82) is 0 Å². The third-order valence-corrected chi connectivity index (χ3v) is 5.20. The van der Waals surface area contributed by atoms with Crippen LogP contribution in [0.2, 0.25) is 0 Å². The van der Waals surface area contributed by atoms with Gasteiger partial charge < -0.3 is 14.6 Å². The molecule has 2 heterocycles. The van der Waals surface area contributed by atoms with Crippen molar-refractivity contribution < 1.29 is 19.4 Å². The van der Waals surface area contributed by atoms with E-state index in [0.29, 0.717) is 18.8 Å². The van der Waals surface area contributed by atoms with Gasteiger partial charge in [0.05, 0.1) is 19.3 Å². The van der Waals surface area contributed by atoms with Gasteiger partial charge in [0.2, 0.25) is 0 Å². The molecule has 0 aromatic heterocycles. The number of carbonyl (C=O) groups is 1. The third-order valence-electron chi connectivity index (χ3n) is 5.20. The van der Waals surface area contributed by atoms with Gasteiger partial charge in [0.25, 0.3) is 0 Å². The second-order valence-electron chi connectivity index (χ2n) is 6.35. The Hall–Kier alpha value is -1.39. The third kappa shape index (κ3) is 3.03. The lowest BCUT2D eigenvalue weighted by molar-refractivity contribution is -0.140. The number of hydrogen-bond acceptors (Lipinski definition) is 4. The van der Waals surface area contributed by atoms with Crippen LogP contribution in [0.3, 0.4) is 0 Å². The van der Waals surface area contributed by atoms with E-state index < -0.39 is 0 Å². The molecule has 2 aliphatic rings. The van der Waals surface area contributed by atoms with E-state index in [4.69, 9.17) is 9.47 Å². The molecule has 120 valence electrons. The van der Waals surface area contributed by atoms with Crippen molar-refractivity contribution >= 4 is 5.97 Å². The molecule has 4 heteroatoms. The lowest BCUT2D eigenvalue weighted by Gasteiger charge is -2.27. The van der Waals surface area contributed by atoms with Gasteiger partial charge in [0.15, 0.2) is 0 Å². The first-order valence-corrected chi connectivity index (χ1v) is 8.13. The van der Waals surface area contributed by atoms with Crippen LogP contribution < -0.4 is 0 Å². The van der Waals surface area contributed by atoms with Crippen LogP contribution in [0.4, 0.5) is 0 Å². The first-order valence-electron chi connectivity index (χ1n) is 8.13. The Bertz CT molecular complexity index is 528. The standard InChI is InChI=1S/C18H24O4/c1-21-18(20)9-6-12-4-2-3-5-13(12)10-14-15(11-19)17-8-7-16(14)22-17/h2-5,14-17,19H,6-11H2,1H3/t14-,15+,16+,17?/m1/s1. The molecule has 4 atom stereocenters.